The smallest absolute Gasteiger partial charge is 0.295 e. The molecule has 2 aliphatic heterocycles. The summed E-state index contributed by atoms with van der Waals surface area (Å²) in [4.78, 5) is 29.1. The maximum absolute atomic E-state index is 13.2. The van der Waals surface area contributed by atoms with E-state index in [2.05, 4.69) is 0 Å². The molecular formula is C26H31N2O6+. The molecular weight excluding hydrogens is 436 g/mol. The molecule has 180 valence electrons. The van der Waals surface area contributed by atoms with E-state index < -0.39 is 17.7 Å². The summed E-state index contributed by atoms with van der Waals surface area (Å²) in [5.41, 5.74) is 1.17. The van der Waals surface area contributed by atoms with Crippen LogP contribution in [0.5, 0.6) is 17.2 Å². The second-order valence-corrected chi connectivity index (χ2v) is 8.67. The summed E-state index contributed by atoms with van der Waals surface area (Å²) in [5.74, 6) is 0.172. The van der Waals surface area contributed by atoms with Gasteiger partial charge < -0.3 is 29.1 Å². The predicted octanol–water partition coefficient (Wildman–Crippen LogP) is 1.81. The number of benzene rings is 2. The molecule has 0 spiro atoms. The number of carbonyl (C=O) groups is 2. The van der Waals surface area contributed by atoms with Crippen molar-refractivity contribution in [2.24, 2.45) is 0 Å². The molecule has 1 unspecified atom stereocenters. The Bertz CT molecular complexity index is 1110. The van der Waals surface area contributed by atoms with Gasteiger partial charge >= 0.3 is 0 Å². The molecule has 1 atom stereocenters. The Labute approximate surface area is 199 Å². The van der Waals surface area contributed by atoms with Gasteiger partial charge in [-0.05, 0) is 42.8 Å². The minimum absolute atomic E-state index is 0.0625. The van der Waals surface area contributed by atoms with E-state index in [4.69, 9.17) is 14.2 Å². The lowest BCUT2D eigenvalue weighted by Gasteiger charge is -2.26. The van der Waals surface area contributed by atoms with E-state index in [0.29, 0.717) is 54.7 Å². The largest absolute Gasteiger partial charge is 0.507 e. The maximum Gasteiger partial charge on any atom is 0.295 e. The van der Waals surface area contributed by atoms with E-state index in [1.165, 1.54) is 4.90 Å². The molecule has 2 N–H and O–H groups in total. The summed E-state index contributed by atoms with van der Waals surface area (Å²) in [6.45, 7) is 4.48. The quantitative estimate of drug-likeness (QED) is 0.350. The summed E-state index contributed by atoms with van der Waals surface area (Å²) in [6.07, 6.45) is 0.723. The first-order valence-electron chi connectivity index (χ1n) is 11.6. The van der Waals surface area contributed by atoms with Crippen LogP contribution in [0.3, 0.4) is 0 Å². The first kappa shape index (κ1) is 23.6. The zero-order valence-corrected chi connectivity index (χ0v) is 19.8. The number of aliphatic hydroxyl groups is 1. The fourth-order valence-electron chi connectivity index (χ4n) is 4.35. The third kappa shape index (κ3) is 4.72. The Morgan fingerprint density at radius 3 is 2.62 bits per heavy atom. The van der Waals surface area contributed by atoms with Crippen LogP contribution in [0.4, 0.5) is 0 Å². The van der Waals surface area contributed by atoms with Crippen LogP contribution < -0.4 is 19.1 Å². The van der Waals surface area contributed by atoms with Crippen molar-refractivity contribution in [2.45, 2.75) is 19.4 Å². The van der Waals surface area contributed by atoms with Gasteiger partial charge in [0, 0.05) is 18.5 Å². The number of nitrogens with zero attached hydrogens (tertiary/aromatic N) is 1. The van der Waals surface area contributed by atoms with Gasteiger partial charge in [-0.25, -0.2) is 0 Å². The SMILES string of the molecule is CCOc1cccc(C2C(=C(O)c3ccc4c(c3)OCCO4)C(=O)C(=O)N2CCC[NH+](C)C)c1. The maximum atomic E-state index is 13.2. The molecule has 2 heterocycles. The fourth-order valence-corrected chi connectivity index (χ4v) is 4.35. The summed E-state index contributed by atoms with van der Waals surface area (Å²) < 4.78 is 16.8. The van der Waals surface area contributed by atoms with Gasteiger partial charge in [0.25, 0.3) is 11.7 Å². The monoisotopic (exact) mass is 467 g/mol. The third-order valence-electron chi connectivity index (χ3n) is 5.92. The Morgan fingerprint density at radius 1 is 1.12 bits per heavy atom. The normalized spacial score (nSPS) is 19.1. The number of quaternary nitrogens is 1. The topological polar surface area (TPSA) is 89.7 Å². The number of amides is 1. The third-order valence-corrected chi connectivity index (χ3v) is 5.92. The number of rotatable bonds is 8. The van der Waals surface area contributed by atoms with Gasteiger partial charge in [0.05, 0.1) is 38.9 Å². The summed E-state index contributed by atoms with van der Waals surface area (Å²) >= 11 is 0. The first-order chi connectivity index (χ1) is 16.4. The second kappa shape index (κ2) is 10.2. The second-order valence-electron chi connectivity index (χ2n) is 8.67. The lowest BCUT2D eigenvalue weighted by Crippen LogP contribution is -3.05. The van der Waals surface area contributed by atoms with Crippen molar-refractivity contribution >= 4 is 17.4 Å². The van der Waals surface area contributed by atoms with E-state index in [9.17, 15) is 14.7 Å². The number of Topliss-reactive ketones (excluding diaryl/α,β-unsaturated/α-hetero) is 1. The highest BCUT2D eigenvalue weighted by Crippen LogP contribution is 2.41. The highest BCUT2D eigenvalue weighted by molar-refractivity contribution is 6.46. The number of likely N-dealkylation sites (tertiary alicyclic amines) is 1. The van der Waals surface area contributed by atoms with Crippen molar-refractivity contribution in [1.82, 2.24) is 4.90 Å². The van der Waals surface area contributed by atoms with Gasteiger partial charge in [-0.15, -0.1) is 0 Å². The Kier molecular flexibility index (Phi) is 7.07. The molecule has 8 heteroatoms. The van der Waals surface area contributed by atoms with Crippen LogP contribution in [-0.2, 0) is 9.59 Å². The van der Waals surface area contributed by atoms with Gasteiger partial charge in [-0.2, -0.15) is 0 Å². The van der Waals surface area contributed by atoms with Crippen LogP contribution in [-0.4, -0.2) is 68.7 Å². The molecule has 0 aliphatic carbocycles. The predicted molar refractivity (Wildman–Crippen MR) is 126 cm³/mol. The molecule has 2 aromatic rings. The van der Waals surface area contributed by atoms with Gasteiger partial charge in [0.2, 0.25) is 0 Å². The molecule has 0 aromatic heterocycles. The standard InChI is InChI=1S/C26H30N2O6/c1-4-32-19-8-5-7-17(15-19)23-22(25(30)26(31)28(23)12-6-11-27(2)3)24(29)18-9-10-20-21(16-18)34-14-13-33-20/h5,7-10,15-16,23,29H,4,6,11-14H2,1-3H3/p+1. The Hall–Kier alpha value is -3.52. The molecule has 1 fully saturated rings. The minimum atomic E-state index is -0.717. The average molecular weight is 468 g/mol. The van der Waals surface area contributed by atoms with Crippen molar-refractivity contribution in [2.75, 3.05) is 47.0 Å². The van der Waals surface area contributed by atoms with Crippen LogP contribution in [0.2, 0.25) is 0 Å². The van der Waals surface area contributed by atoms with Gasteiger partial charge in [-0.1, -0.05) is 12.1 Å². The summed E-state index contributed by atoms with van der Waals surface area (Å²) in [7, 11) is 4.08. The lowest BCUT2D eigenvalue weighted by atomic mass is 9.95. The highest BCUT2D eigenvalue weighted by Gasteiger charge is 2.46. The molecule has 1 saturated heterocycles. The highest BCUT2D eigenvalue weighted by atomic mass is 16.6. The molecule has 34 heavy (non-hydrogen) atoms. The Morgan fingerprint density at radius 2 is 1.88 bits per heavy atom. The van der Waals surface area contributed by atoms with E-state index in [0.717, 1.165) is 13.0 Å². The number of ketones is 1. The van der Waals surface area contributed by atoms with Gasteiger partial charge in [0.1, 0.15) is 24.7 Å². The van der Waals surface area contributed by atoms with Crippen LogP contribution in [0.15, 0.2) is 48.0 Å². The molecule has 4 rings (SSSR count). The molecule has 1 amide bonds. The number of fused-ring (bicyclic) bond motifs is 1. The van der Waals surface area contributed by atoms with E-state index in [-0.39, 0.29) is 11.3 Å². The molecule has 2 aromatic carbocycles. The molecule has 0 saturated carbocycles. The van der Waals surface area contributed by atoms with E-state index >= 15 is 0 Å². The zero-order chi connectivity index (χ0) is 24.2. The van der Waals surface area contributed by atoms with Crippen LogP contribution in [0.25, 0.3) is 5.76 Å². The van der Waals surface area contributed by atoms with Crippen molar-refractivity contribution in [1.29, 1.82) is 0 Å². The summed E-state index contributed by atoms with van der Waals surface area (Å²) in [6, 6.07) is 11.6. The Balaban J connectivity index is 1.79. The summed E-state index contributed by atoms with van der Waals surface area (Å²) in [5, 5.41) is 11.3. The number of aliphatic hydroxyl groups excluding tert-OH is 1. The number of ether oxygens (including phenoxy) is 3. The van der Waals surface area contributed by atoms with Crippen LogP contribution in [0.1, 0.15) is 30.5 Å². The van der Waals surface area contributed by atoms with Crippen molar-refractivity contribution < 1.29 is 33.8 Å². The number of nitrogens with one attached hydrogen (secondary N) is 1. The number of carbonyl (C=O) groups excluding carboxylic acids is 2. The molecule has 0 bridgehead atoms. The van der Waals surface area contributed by atoms with Crippen molar-refractivity contribution in [3.05, 3.63) is 59.2 Å². The zero-order valence-electron chi connectivity index (χ0n) is 19.8. The number of hydrogen-bond donors (Lipinski definition) is 2. The number of hydrogen-bond acceptors (Lipinski definition) is 6. The van der Waals surface area contributed by atoms with Crippen LogP contribution in [0, 0.1) is 0 Å². The van der Waals surface area contributed by atoms with E-state index in [1.807, 2.05) is 45.3 Å². The minimum Gasteiger partial charge on any atom is -0.507 e. The molecule has 2 aliphatic rings. The van der Waals surface area contributed by atoms with Crippen molar-refractivity contribution in [3.63, 3.8) is 0 Å². The van der Waals surface area contributed by atoms with E-state index in [1.54, 1.807) is 23.1 Å². The molecule has 8 nitrogen and oxygen atoms in total. The first-order valence-corrected chi connectivity index (χ1v) is 11.6. The van der Waals surface area contributed by atoms with Gasteiger partial charge in [0.15, 0.2) is 11.5 Å². The fraction of sp³-hybridized carbons (Fsp3) is 0.385. The lowest BCUT2D eigenvalue weighted by molar-refractivity contribution is -0.858. The van der Waals surface area contributed by atoms with Gasteiger partial charge in [-0.3, -0.25) is 9.59 Å². The van der Waals surface area contributed by atoms with Crippen LogP contribution >= 0.6 is 0 Å². The van der Waals surface area contributed by atoms with Crippen molar-refractivity contribution in [3.8, 4) is 17.2 Å². The average Bonchev–Trinajstić information content (AvgIpc) is 3.08. The molecule has 0 radical (unpaired) electrons.